The lowest BCUT2D eigenvalue weighted by Crippen LogP contribution is -2.35. The zero-order chi connectivity index (χ0) is 14.3. The van der Waals surface area contributed by atoms with Crippen molar-refractivity contribution in [3.63, 3.8) is 0 Å². The van der Waals surface area contributed by atoms with E-state index < -0.39 is 18.2 Å². The van der Waals surface area contributed by atoms with Crippen molar-refractivity contribution in [1.29, 1.82) is 0 Å². The summed E-state index contributed by atoms with van der Waals surface area (Å²) in [5.41, 5.74) is 0.316. The van der Waals surface area contributed by atoms with Gasteiger partial charge in [-0.1, -0.05) is 20.4 Å². The van der Waals surface area contributed by atoms with Gasteiger partial charge in [0.2, 0.25) is 0 Å². The minimum Gasteiger partial charge on any atom is -0.463 e. The van der Waals surface area contributed by atoms with E-state index in [4.69, 9.17) is 14.2 Å². The number of hydrogen-bond donors (Lipinski definition) is 0. The Morgan fingerprint density at radius 3 is 2.17 bits per heavy atom. The van der Waals surface area contributed by atoms with Gasteiger partial charge in [0, 0.05) is 12.7 Å². The minimum atomic E-state index is -0.515. The number of rotatable bonds is 7. The third kappa shape index (κ3) is 5.82. The second kappa shape index (κ2) is 7.87. The van der Waals surface area contributed by atoms with Gasteiger partial charge in [0.05, 0.1) is 5.92 Å². The number of carbonyl (C=O) groups is 2. The highest BCUT2D eigenvalue weighted by Gasteiger charge is 2.23. The van der Waals surface area contributed by atoms with Gasteiger partial charge < -0.3 is 14.2 Å². The molecule has 5 heteroatoms. The Hall–Kier alpha value is -1.36. The third-order valence-corrected chi connectivity index (χ3v) is 2.33. The number of carbonyl (C=O) groups excluding carboxylic acids is 2. The maximum Gasteiger partial charge on any atom is 0.333 e. The predicted octanol–water partition coefficient (Wildman–Crippen LogP) is 1.71. The minimum absolute atomic E-state index is 0.0537. The zero-order valence-electron chi connectivity index (χ0n) is 11.7. The summed E-state index contributed by atoms with van der Waals surface area (Å²) >= 11 is 0. The van der Waals surface area contributed by atoms with Crippen molar-refractivity contribution in [2.45, 2.75) is 39.9 Å². The van der Waals surface area contributed by atoms with Crippen LogP contribution in [0.5, 0.6) is 0 Å². The first kappa shape index (κ1) is 16.6. The van der Waals surface area contributed by atoms with Gasteiger partial charge in [0.1, 0.15) is 18.8 Å². The Labute approximate surface area is 108 Å². The van der Waals surface area contributed by atoms with Crippen molar-refractivity contribution in [3.05, 3.63) is 12.2 Å². The maximum absolute atomic E-state index is 11.3. The Morgan fingerprint density at radius 1 is 1.22 bits per heavy atom. The summed E-state index contributed by atoms with van der Waals surface area (Å²) in [6.07, 6.45) is -1.00. The SMILES string of the molecule is C=C(C)C(=O)OC(C)C(COC(=O)C(C)C)OC. The monoisotopic (exact) mass is 258 g/mol. The van der Waals surface area contributed by atoms with E-state index in [9.17, 15) is 9.59 Å². The van der Waals surface area contributed by atoms with E-state index in [1.54, 1.807) is 27.7 Å². The summed E-state index contributed by atoms with van der Waals surface area (Å²) in [6.45, 7) is 10.3. The van der Waals surface area contributed by atoms with E-state index in [2.05, 4.69) is 6.58 Å². The molecule has 104 valence electrons. The molecule has 0 bridgehead atoms. The molecule has 2 atom stereocenters. The Kier molecular flexibility index (Phi) is 7.27. The number of hydrogen-bond acceptors (Lipinski definition) is 5. The molecular weight excluding hydrogens is 236 g/mol. The Balaban J connectivity index is 4.27. The lowest BCUT2D eigenvalue weighted by Gasteiger charge is -2.23. The molecule has 0 N–H and O–H groups in total. The van der Waals surface area contributed by atoms with Crippen LogP contribution in [0.15, 0.2) is 12.2 Å². The molecule has 0 radical (unpaired) electrons. The lowest BCUT2D eigenvalue weighted by atomic mass is 10.2. The summed E-state index contributed by atoms with van der Waals surface area (Å²) < 4.78 is 15.3. The molecule has 0 saturated carbocycles. The highest BCUT2D eigenvalue weighted by molar-refractivity contribution is 5.87. The Morgan fingerprint density at radius 2 is 1.78 bits per heavy atom. The molecule has 0 fully saturated rings. The highest BCUT2D eigenvalue weighted by atomic mass is 16.6. The second-order valence-corrected chi connectivity index (χ2v) is 4.45. The van der Waals surface area contributed by atoms with Gasteiger partial charge in [0.25, 0.3) is 0 Å². The van der Waals surface area contributed by atoms with Crippen LogP contribution in [0.1, 0.15) is 27.7 Å². The van der Waals surface area contributed by atoms with Gasteiger partial charge in [0.15, 0.2) is 0 Å². The van der Waals surface area contributed by atoms with E-state index in [1.807, 2.05) is 0 Å². The third-order valence-electron chi connectivity index (χ3n) is 2.33. The van der Waals surface area contributed by atoms with E-state index in [-0.39, 0.29) is 18.5 Å². The van der Waals surface area contributed by atoms with Crippen molar-refractivity contribution in [2.75, 3.05) is 13.7 Å². The fraction of sp³-hybridized carbons (Fsp3) is 0.692. The van der Waals surface area contributed by atoms with Crippen molar-refractivity contribution < 1.29 is 23.8 Å². The van der Waals surface area contributed by atoms with Crippen LogP contribution in [0.3, 0.4) is 0 Å². The van der Waals surface area contributed by atoms with Gasteiger partial charge in [-0.05, 0) is 13.8 Å². The molecule has 18 heavy (non-hydrogen) atoms. The van der Waals surface area contributed by atoms with E-state index in [0.29, 0.717) is 5.57 Å². The van der Waals surface area contributed by atoms with Crippen LogP contribution in [-0.2, 0) is 23.8 Å². The summed E-state index contributed by atoms with van der Waals surface area (Å²) in [5.74, 6) is -0.994. The average molecular weight is 258 g/mol. The van der Waals surface area contributed by atoms with Crippen molar-refractivity contribution in [3.8, 4) is 0 Å². The van der Waals surface area contributed by atoms with Gasteiger partial charge in [-0.15, -0.1) is 0 Å². The van der Waals surface area contributed by atoms with E-state index in [1.165, 1.54) is 7.11 Å². The van der Waals surface area contributed by atoms with Crippen LogP contribution in [0.25, 0.3) is 0 Å². The first-order valence-corrected chi connectivity index (χ1v) is 5.85. The normalized spacial score (nSPS) is 13.9. The molecule has 5 nitrogen and oxygen atoms in total. The number of ether oxygens (including phenoxy) is 3. The standard InChI is InChI=1S/C13H22O5/c1-8(2)12(14)17-7-11(16-6)10(5)18-13(15)9(3)4/h8,10-11H,3,7H2,1-2,4-6H3. The molecule has 0 saturated heterocycles. The fourth-order valence-corrected chi connectivity index (χ4v) is 1.07. The molecule has 0 rings (SSSR count). The molecule has 0 aromatic rings. The van der Waals surface area contributed by atoms with E-state index >= 15 is 0 Å². The molecule has 0 aliphatic heterocycles. The smallest absolute Gasteiger partial charge is 0.333 e. The summed E-state index contributed by atoms with van der Waals surface area (Å²) in [6, 6.07) is 0. The molecule has 0 aromatic heterocycles. The molecule has 0 amide bonds. The predicted molar refractivity (Wildman–Crippen MR) is 67.0 cm³/mol. The second-order valence-electron chi connectivity index (χ2n) is 4.45. The topological polar surface area (TPSA) is 61.8 Å². The molecule has 0 aliphatic rings. The quantitative estimate of drug-likeness (QED) is 0.514. The van der Waals surface area contributed by atoms with Crippen LogP contribution >= 0.6 is 0 Å². The Bertz CT molecular complexity index is 309. The van der Waals surface area contributed by atoms with Crippen LogP contribution in [0.2, 0.25) is 0 Å². The summed E-state index contributed by atoms with van der Waals surface area (Å²) in [4.78, 5) is 22.7. The van der Waals surface area contributed by atoms with Crippen LogP contribution in [0.4, 0.5) is 0 Å². The first-order chi connectivity index (χ1) is 8.29. The fourth-order valence-electron chi connectivity index (χ4n) is 1.07. The number of esters is 2. The molecule has 0 aromatic carbocycles. The molecule has 0 aliphatic carbocycles. The van der Waals surface area contributed by atoms with Gasteiger partial charge >= 0.3 is 11.9 Å². The van der Waals surface area contributed by atoms with Gasteiger partial charge in [-0.25, -0.2) is 4.79 Å². The van der Waals surface area contributed by atoms with Crippen LogP contribution in [-0.4, -0.2) is 37.9 Å². The van der Waals surface area contributed by atoms with Crippen molar-refractivity contribution >= 4 is 11.9 Å². The largest absolute Gasteiger partial charge is 0.463 e. The lowest BCUT2D eigenvalue weighted by molar-refractivity contribution is -0.160. The van der Waals surface area contributed by atoms with Crippen LogP contribution in [0, 0.1) is 5.92 Å². The van der Waals surface area contributed by atoms with Gasteiger partial charge in [-0.3, -0.25) is 4.79 Å². The highest BCUT2D eigenvalue weighted by Crippen LogP contribution is 2.08. The van der Waals surface area contributed by atoms with Crippen LogP contribution < -0.4 is 0 Å². The summed E-state index contributed by atoms with van der Waals surface area (Å²) in [7, 11) is 1.47. The van der Waals surface area contributed by atoms with Crippen molar-refractivity contribution in [1.82, 2.24) is 0 Å². The average Bonchev–Trinajstić information content (AvgIpc) is 2.28. The molecular formula is C13H22O5. The maximum atomic E-state index is 11.3. The summed E-state index contributed by atoms with van der Waals surface area (Å²) in [5, 5.41) is 0. The van der Waals surface area contributed by atoms with Gasteiger partial charge in [-0.2, -0.15) is 0 Å². The zero-order valence-corrected chi connectivity index (χ0v) is 11.7. The number of methoxy groups -OCH3 is 1. The van der Waals surface area contributed by atoms with Crippen molar-refractivity contribution in [2.24, 2.45) is 5.92 Å². The molecule has 0 spiro atoms. The molecule has 2 unspecified atom stereocenters. The molecule has 0 heterocycles. The van der Waals surface area contributed by atoms with E-state index in [0.717, 1.165) is 0 Å². The first-order valence-electron chi connectivity index (χ1n) is 5.85.